The second-order valence-electron chi connectivity index (χ2n) is 10.1. The summed E-state index contributed by atoms with van der Waals surface area (Å²) in [5, 5.41) is 9.88. The third kappa shape index (κ3) is 5.14. The van der Waals surface area contributed by atoms with Crippen molar-refractivity contribution in [2.75, 3.05) is 44.2 Å². The van der Waals surface area contributed by atoms with Crippen LogP contribution < -0.4 is 19.3 Å². The number of benzene rings is 2. The second kappa shape index (κ2) is 10.8. The fourth-order valence-electron chi connectivity index (χ4n) is 5.10. The number of aryl methyl sites for hydroxylation is 1. The van der Waals surface area contributed by atoms with Crippen LogP contribution in [0.4, 0.5) is 11.5 Å². The van der Waals surface area contributed by atoms with Gasteiger partial charge in [-0.1, -0.05) is 24.3 Å². The summed E-state index contributed by atoms with van der Waals surface area (Å²) in [6, 6.07) is 15.8. The number of carbonyl (C=O) groups is 1. The van der Waals surface area contributed by atoms with Gasteiger partial charge in [-0.2, -0.15) is 0 Å². The minimum atomic E-state index is -0.866. The lowest BCUT2D eigenvalue weighted by molar-refractivity contribution is -0.122. The first-order valence-corrected chi connectivity index (χ1v) is 12.7. The summed E-state index contributed by atoms with van der Waals surface area (Å²) in [5.74, 6) is 2.00. The highest BCUT2D eigenvalue weighted by Crippen LogP contribution is 2.39. The van der Waals surface area contributed by atoms with Crippen LogP contribution in [0.2, 0.25) is 0 Å². The van der Waals surface area contributed by atoms with Crippen LogP contribution in [0.5, 0.6) is 11.5 Å². The molecule has 7 nitrogen and oxygen atoms in total. The number of carbonyl (C=O) groups excluding carboxylic acids is 1. The topological polar surface area (TPSA) is 75.1 Å². The van der Waals surface area contributed by atoms with Crippen LogP contribution in [0.25, 0.3) is 11.1 Å². The quantitative estimate of drug-likeness (QED) is 0.468. The fourth-order valence-corrected chi connectivity index (χ4v) is 5.10. The van der Waals surface area contributed by atoms with Crippen LogP contribution >= 0.6 is 0 Å². The molecule has 3 aromatic rings. The predicted molar refractivity (Wildman–Crippen MR) is 148 cm³/mol. The first-order chi connectivity index (χ1) is 17.7. The van der Waals surface area contributed by atoms with Gasteiger partial charge in [0.2, 0.25) is 5.91 Å². The number of aliphatic hydroxyl groups excluding tert-OH is 1. The number of rotatable bonds is 8. The van der Waals surface area contributed by atoms with Crippen LogP contribution in [0, 0.1) is 6.92 Å². The molecule has 1 atom stereocenters. The van der Waals surface area contributed by atoms with Crippen LogP contribution in [-0.4, -0.2) is 56.5 Å². The number of ether oxygens (including phenoxy) is 2. The molecule has 4 rings (SSSR count). The first-order valence-electron chi connectivity index (χ1n) is 12.7. The lowest BCUT2D eigenvalue weighted by atomic mass is 9.82. The van der Waals surface area contributed by atoms with E-state index in [1.165, 1.54) is 0 Å². The Kier molecular flexibility index (Phi) is 7.73. The monoisotopic (exact) mass is 503 g/mol. The van der Waals surface area contributed by atoms with E-state index in [1.54, 1.807) is 38.4 Å². The van der Waals surface area contributed by atoms with E-state index in [9.17, 15) is 9.90 Å². The molecule has 1 amide bonds. The van der Waals surface area contributed by atoms with E-state index in [4.69, 9.17) is 14.5 Å². The largest absolute Gasteiger partial charge is 0.497 e. The van der Waals surface area contributed by atoms with Crippen LogP contribution in [0.15, 0.2) is 54.7 Å². The Balaban J connectivity index is 1.78. The maximum atomic E-state index is 14.0. The molecule has 196 valence electrons. The number of anilines is 2. The third-order valence-electron chi connectivity index (χ3n) is 7.46. The molecule has 2 heterocycles. The number of aromatic nitrogens is 1. The summed E-state index contributed by atoms with van der Waals surface area (Å²) in [7, 11) is 5.00. The van der Waals surface area contributed by atoms with Gasteiger partial charge in [0.15, 0.2) is 0 Å². The minimum Gasteiger partial charge on any atom is -0.497 e. The predicted octanol–water partition coefficient (Wildman–Crippen LogP) is 4.98. The summed E-state index contributed by atoms with van der Waals surface area (Å²) >= 11 is 0. The molecule has 1 saturated heterocycles. The zero-order valence-corrected chi connectivity index (χ0v) is 22.6. The summed E-state index contributed by atoms with van der Waals surface area (Å²) in [5.41, 5.74) is 3.74. The minimum absolute atomic E-state index is 0.0596. The van der Waals surface area contributed by atoms with E-state index in [1.807, 2.05) is 38.1 Å². The molecule has 37 heavy (non-hydrogen) atoms. The van der Waals surface area contributed by atoms with E-state index in [2.05, 4.69) is 30.0 Å². The highest BCUT2D eigenvalue weighted by atomic mass is 16.5. The molecule has 1 aromatic heterocycles. The smallest absolute Gasteiger partial charge is 0.236 e. The number of hydrogen-bond donors (Lipinski definition) is 1. The maximum absolute atomic E-state index is 14.0. The van der Waals surface area contributed by atoms with Crippen molar-refractivity contribution in [3.63, 3.8) is 0 Å². The van der Waals surface area contributed by atoms with Crippen molar-refractivity contribution in [1.82, 2.24) is 4.98 Å². The third-order valence-corrected chi connectivity index (χ3v) is 7.46. The number of aliphatic hydroxyl groups is 1. The molecule has 1 fully saturated rings. The van der Waals surface area contributed by atoms with E-state index in [0.29, 0.717) is 11.5 Å². The molecule has 0 spiro atoms. The van der Waals surface area contributed by atoms with E-state index in [-0.39, 0.29) is 18.6 Å². The zero-order valence-electron chi connectivity index (χ0n) is 22.6. The average Bonchev–Trinajstić information content (AvgIpc) is 3.41. The number of hydrogen-bond acceptors (Lipinski definition) is 6. The Morgan fingerprint density at radius 1 is 1.11 bits per heavy atom. The molecule has 0 saturated carbocycles. The van der Waals surface area contributed by atoms with Crippen molar-refractivity contribution in [2.45, 2.75) is 45.1 Å². The number of methoxy groups -OCH3 is 2. The Labute approximate surface area is 219 Å². The van der Waals surface area contributed by atoms with Gasteiger partial charge >= 0.3 is 0 Å². The van der Waals surface area contributed by atoms with Gasteiger partial charge in [-0.3, -0.25) is 4.79 Å². The van der Waals surface area contributed by atoms with Gasteiger partial charge in [0.25, 0.3) is 0 Å². The van der Waals surface area contributed by atoms with E-state index in [0.717, 1.165) is 53.1 Å². The summed E-state index contributed by atoms with van der Waals surface area (Å²) in [4.78, 5) is 22.7. The van der Waals surface area contributed by atoms with Gasteiger partial charge in [-0.15, -0.1) is 0 Å². The van der Waals surface area contributed by atoms with Crippen molar-refractivity contribution in [2.24, 2.45) is 0 Å². The molecule has 1 aliphatic rings. The number of nitrogens with zero attached hydrogens (tertiary/aromatic N) is 3. The van der Waals surface area contributed by atoms with Crippen molar-refractivity contribution >= 4 is 17.4 Å². The number of amides is 1. The van der Waals surface area contributed by atoms with Gasteiger partial charge in [0.05, 0.1) is 44.2 Å². The van der Waals surface area contributed by atoms with Crippen LogP contribution in [-0.2, 0) is 10.2 Å². The Morgan fingerprint density at radius 3 is 2.41 bits per heavy atom. The normalized spacial score (nSPS) is 15.5. The van der Waals surface area contributed by atoms with Crippen molar-refractivity contribution < 1.29 is 19.4 Å². The SMILES string of the molecule is COc1cc(OC)cc(C(C)(C)C(=O)N(C)c2cnc(N3CCCC3CO)cc2-c2ccccc2C)c1. The molecule has 7 heteroatoms. The van der Waals surface area contributed by atoms with Crippen molar-refractivity contribution in [3.05, 3.63) is 65.9 Å². The second-order valence-corrected chi connectivity index (χ2v) is 10.1. The maximum Gasteiger partial charge on any atom is 0.236 e. The van der Waals surface area contributed by atoms with Gasteiger partial charge in [-0.05, 0) is 68.5 Å². The van der Waals surface area contributed by atoms with Gasteiger partial charge in [0.1, 0.15) is 17.3 Å². The summed E-state index contributed by atoms with van der Waals surface area (Å²) < 4.78 is 10.9. The van der Waals surface area contributed by atoms with Crippen molar-refractivity contribution in [1.29, 1.82) is 0 Å². The molecule has 0 radical (unpaired) electrons. The lowest BCUT2D eigenvalue weighted by Gasteiger charge is -2.32. The summed E-state index contributed by atoms with van der Waals surface area (Å²) in [6.07, 6.45) is 3.74. The fraction of sp³-hybridized carbons (Fsp3) is 0.400. The van der Waals surface area contributed by atoms with E-state index < -0.39 is 5.41 Å². The Bertz CT molecular complexity index is 1250. The van der Waals surface area contributed by atoms with Crippen LogP contribution in [0.1, 0.15) is 37.8 Å². The molecule has 1 aliphatic heterocycles. The molecule has 0 aliphatic carbocycles. The highest BCUT2D eigenvalue weighted by Gasteiger charge is 2.35. The molecule has 1 N–H and O–H groups in total. The van der Waals surface area contributed by atoms with Crippen molar-refractivity contribution in [3.8, 4) is 22.6 Å². The highest BCUT2D eigenvalue weighted by molar-refractivity contribution is 6.03. The van der Waals surface area contributed by atoms with Gasteiger partial charge in [0, 0.05) is 25.2 Å². The molecule has 0 bridgehead atoms. The lowest BCUT2D eigenvalue weighted by Crippen LogP contribution is -2.42. The average molecular weight is 504 g/mol. The standard InChI is InChI=1S/C30H37N3O4/c1-20-10-7-8-12-25(20)26-17-28(33-13-9-11-22(33)19-34)31-18-27(26)32(4)29(35)30(2,3)21-14-23(36-5)16-24(15-21)37-6/h7-8,10,12,14-18,22,34H,9,11,13,19H2,1-6H3. The first kappa shape index (κ1) is 26.5. The van der Waals surface area contributed by atoms with Crippen LogP contribution in [0.3, 0.4) is 0 Å². The molecular weight excluding hydrogens is 466 g/mol. The number of likely N-dealkylation sites (N-methyl/N-ethyl adjacent to an activating group) is 1. The van der Waals surface area contributed by atoms with Gasteiger partial charge < -0.3 is 24.4 Å². The molecule has 2 aromatic carbocycles. The van der Waals surface area contributed by atoms with E-state index >= 15 is 0 Å². The number of pyridine rings is 1. The Morgan fingerprint density at radius 2 is 1.78 bits per heavy atom. The molecular formula is C30H37N3O4. The van der Waals surface area contributed by atoms with Gasteiger partial charge in [-0.25, -0.2) is 4.98 Å². The Hall–Kier alpha value is -3.58. The zero-order chi connectivity index (χ0) is 26.7. The summed E-state index contributed by atoms with van der Waals surface area (Å²) in [6.45, 7) is 6.83. The molecule has 1 unspecified atom stereocenters.